The van der Waals surface area contributed by atoms with Crippen molar-refractivity contribution in [2.45, 2.75) is 71.9 Å². The van der Waals surface area contributed by atoms with Crippen LogP contribution < -0.4 is 0 Å². The minimum atomic E-state index is -3.39. The number of benzene rings is 1. The van der Waals surface area contributed by atoms with Gasteiger partial charge < -0.3 is 9.30 Å². The van der Waals surface area contributed by atoms with Gasteiger partial charge in [0.15, 0.2) is 7.14 Å². The summed E-state index contributed by atoms with van der Waals surface area (Å²) in [6.07, 6.45) is 5.01. The van der Waals surface area contributed by atoms with Gasteiger partial charge in [-0.2, -0.15) is 0 Å². The molecule has 1 aromatic carbocycles. The molecule has 0 radical (unpaired) electrons. The number of aryl methyl sites for hydroxylation is 3. The molecule has 144 valence electrons. The van der Waals surface area contributed by atoms with E-state index in [2.05, 4.69) is 0 Å². The molecule has 1 aliphatic rings. The van der Waals surface area contributed by atoms with Crippen molar-refractivity contribution in [3.63, 3.8) is 0 Å². The Morgan fingerprint density at radius 3 is 2.19 bits per heavy atom. The van der Waals surface area contributed by atoms with Gasteiger partial charge >= 0.3 is 5.97 Å². The molecule has 0 spiro atoms. The van der Waals surface area contributed by atoms with Crippen LogP contribution in [0.5, 0.6) is 0 Å². The van der Waals surface area contributed by atoms with Crippen molar-refractivity contribution in [1.82, 2.24) is 0 Å². The maximum Gasteiger partial charge on any atom is 0.313 e. The van der Waals surface area contributed by atoms with Crippen LogP contribution in [0.4, 0.5) is 0 Å². The van der Waals surface area contributed by atoms with Crippen LogP contribution in [0.25, 0.3) is 0 Å². The van der Waals surface area contributed by atoms with Crippen molar-refractivity contribution in [3.05, 3.63) is 34.4 Å². The number of esters is 1. The zero-order valence-electron chi connectivity index (χ0n) is 16.5. The van der Waals surface area contributed by atoms with E-state index in [1.807, 2.05) is 39.8 Å². The van der Waals surface area contributed by atoms with Gasteiger partial charge in [-0.05, 0) is 51.2 Å². The Bertz CT molecular complexity index is 694. The second-order valence-electron chi connectivity index (χ2n) is 7.54. The number of hydrogen-bond donors (Lipinski definition) is 0. The molecule has 0 amide bonds. The predicted molar refractivity (Wildman–Crippen MR) is 106 cm³/mol. The molecule has 1 aromatic rings. The van der Waals surface area contributed by atoms with Crippen LogP contribution in [-0.4, -0.2) is 29.9 Å². The first kappa shape index (κ1) is 20.9. The highest BCUT2D eigenvalue weighted by Crippen LogP contribution is 2.58. The summed E-state index contributed by atoms with van der Waals surface area (Å²) in [5.74, 6) is -0.503. The predicted octanol–water partition coefficient (Wildman–Crippen LogP) is 5.40. The highest BCUT2D eigenvalue weighted by molar-refractivity contribution is 7.82. The lowest BCUT2D eigenvalue weighted by atomic mass is 10.0. The first-order valence-electron chi connectivity index (χ1n) is 9.66. The van der Waals surface area contributed by atoms with Gasteiger partial charge in [0.05, 0.1) is 6.61 Å². The quantitative estimate of drug-likeness (QED) is 0.471. The summed E-state index contributed by atoms with van der Waals surface area (Å²) in [7, 11) is -3.39. The molecule has 2 rings (SSSR count). The lowest BCUT2D eigenvalue weighted by Gasteiger charge is -2.30. The van der Waals surface area contributed by atoms with Crippen LogP contribution in [0, 0.1) is 20.8 Å². The van der Waals surface area contributed by atoms with E-state index in [9.17, 15) is 14.2 Å². The van der Waals surface area contributed by atoms with Crippen LogP contribution in [0.15, 0.2) is 12.1 Å². The van der Waals surface area contributed by atoms with Gasteiger partial charge in [0, 0.05) is 11.2 Å². The molecule has 0 bridgehead atoms. The van der Waals surface area contributed by atoms with E-state index in [-0.39, 0.29) is 17.3 Å². The zero-order valence-corrected chi connectivity index (χ0v) is 17.4. The minimum absolute atomic E-state index is 0.196. The van der Waals surface area contributed by atoms with Gasteiger partial charge in [-0.25, -0.2) is 0 Å². The van der Waals surface area contributed by atoms with Crippen molar-refractivity contribution in [2.75, 3.05) is 12.8 Å². The van der Waals surface area contributed by atoms with E-state index in [4.69, 9.17) is 4.74 Å². The standard InChI is InChI=1S/C21H31O4P/c1-5-11-25-19(22)14-26(24,18-9-7-6-8-10-18)21(23)20-16(3)12-15(2)13-17(20)4/h12-13,18H,5-11,14H2,1-4H3. The summed E-state index contributed by atoms with van der Waals surface area (Å²) >= 11 is 0. The fourth-order valence-electron chi connectivity index (χ4n) is 4.02. The summed E-state index contributed by atoms with van der Waals surface area (Å²) in [6.45, 7) is 7.97. The Labute approximate surface area is 157 Å². The minimum Gasteiger partial charge on any atom is -0.465 e. The van der Waals surface area contributed by atoms with E-state index in [0.717, 1.165) is 48.8 Å². The topological polar surface area (TPSA) is 60.4 Å². The molecule has 0 aliphatic heterocycles. The first-order chi connectivity index (χ1) is 12.3. The van der Waals surface area contributed by atoms with Gasteiger partial charge in [0.2, 0.25) is 5.52 Å². The van der Waals surface area contributed by atoms with Crippen LogP contribution in [0.3, 0.4) is 0 Å². The summed E-state index contributed by atoms with van der Waals surface area (Å²) in [5, 5.41) is 0. The lowest BCUT2D eigenvalue weighted by Crippen LogP contribution is -2.25. The highest BCUT2D eigenvalue weighted by atomic mass is 31.2. The van der Waals surface area contributed by atoms with Gasteiger partial charge in [0.1, 0.15) is 6.16 Å². The number of rotatable bonds is 7. The van der Waals surface area contributed by atoms with Crippen molar-refractivity contribution in [1.29, 1.82) is 0 Å². The second-order valence-corrected chi connectivity index (χ2v) is 10.6. The van der Waals surface area contributed by atoms with Crippen molar-refractivity contribution in [2.24, 2.45) is 0 Å². The molecule has 4 nitrogen and oxygen atoms in total. The van der Waals surface area contributed by atoms with Gasteiger partial charge in [-0.15, -0.1) is 0 Å². The number of ether oxygens (including phenoxy) is 1. The molecule has 26 heavy (non-hydrogen) atoms. The fraction of sp³-hybridized carbons (Fsp3) is 0.619. The maximum absolute atomic E-state index is 14.0. The van der Waals surface area contributed by atoms with Crippen LogP contribution in [0.2, 0.25) is 0 Å². The monoisotopic (exact) mass is 378 g/mol. The molecular formula is C21H31O4P. The summed E-state index contributed by atoms with van der Waals surface area (Å²) in [6, 6.07) is 3.89. The largest absolute Gasteiger partial charge is 0.465 e. The normalized spacial score (nSPS) is 17.5. The van der Waals surface area contributed by atoms with Gasteiger partial charge in [0.25, 0.3) is 0 Å². The zero-order chi connectivity index (χ0) is 19.3. The third-order valence-corrected chi connectivity index (χ3v) is 8.57. The third kappa shape index (κ3) is 4.65. The van der Waals surface area contributed by atoms with E-state index in [1.54, 1.807) is 0 Å². The molecule has 1 unspecified atom stereocenters. The van der Waals surface area contributed by atoms with Crippen LogP contribution in [-0.2, 0) is 14.1 Å². The average molecular weight is 378 g/mol. The smallest absolute Gasteiger partial charge is 0.313 e. The van der Waals surface area contributed by atoms with Crippen molar-refractivity contribution >= 4 is 18.6 Å². The SMILES string of the molecule is CCCOC(=O)CP(=O)(C(=O)c1c(C)cc(C)cc1C)C1CCCCC1. The molecule has 0 heterocycles. The summed E-state index contributed by atoms with van der Waals surface area (Å²) in [4.78, 5) is 25.7. The van der Waals surface area contributed by atoms with E-state index in [0.29, 0.717) is 18.6 Å². The molecule has 1 aliphatic carbocycles. The summed E-state index contributed by atoms with van der Waals surface area (Å²) < 4.78 is 19.2. The Morgan fingerprint density at radius 2 is 1.65 bits per heavy atom. The number of carbonyl (C=O) groups excluding carboxylic acids is 2. The molecule has 5 heteroatoms. The molecule has 1 saturated carbocycles. The van der Waals surface area contributed by atoms with Crippen molar-refractivity contribution < 1.29 is 18.9 Å². The molecule has 0 saturated heterocycles. The highest BCUT2D eigenvalue weighted by Gasteiger charge is 2.44. The Morgan fingerprint density at radius 1 is 1.08 bits per heavy atom. The summed E-state index contributed by atoms with van der Waals surface area (Å²) in [5.41, 5.74) is 2.76. The first-order valence-corrected chi connectivity index (χ1v) is 11.6. The van der Waals surface area contributed by atoms with E-state index in [1.165, 1.54) is 0 Å². The third-order valence-electron chi connectivity index (χ3n) is 5.23. The molecular weight excluding hydrogens is 347 g/mol. The van der Waals surface area contributed by atoms with Crippen LogP contribution in [0.1, 0.15) is 72.5 Å². The number of carbonyl (C=O) groups is 2. The fourth-order valence-corrected chi connectivity index (χ4v) is 7.16. The average Bonchev–Trinajstić information content (AvgIpc) is 2.59. The molecule has 1 fully saturated rings. The van der Waals surface area contributed by atoms with E-state index >= 15 is 0 Å². The van der Waals surface area contributed by atoms with E-state index < -0.39 is 13.1 Å². The Kier molecular flexibility index (Phi) is 7.23. The molecule has 0 N–H and O–H groups in total. The second kappa shape index (κ2) is 8.99. The Hall–Kier alpha value is -1.41. The Balaban J connectivity index is 2.41. The molecule has 1 atom stereocenters. The van der Waals surface area contributed by atoms with Gasteiger partial charge in [-0.1, -0.05) is 43.9 Å². The maximum atomic E-state index is 14.0. The lowest BCUT2D eigenvalue weighted by molar-refractivity contribution is -0.140. The molecule has 0 aromatic heterocycles. The van der Waals surface area contributed by atoms with Gasteiger partial charge in [-0.3, -0.25) is 9.59 Å². The number of hydrogen-bond acceptors (Lipinski definition) is 4. The van der Waals surface area contributed by atoms with Crippen LogP contribution >= 0.6 is 7.14 Å². The van der Waals surface area contributed by atoms with Crippen molar-refractivity contribution in [3.8, 4) is 0 Å².